The van der Waals surface area contributed by atoms with Gasteiger partial charge in [0.2, 0.25) is 5.41 Å². The lowest BCUT2D eigenvalue weighted by atomic mass is 9.57. The Labute approximate surface area is 192 Å². The Morgan fingerprint density at radius 1 is 0.636 bits per heavy atom. The highest BCUT2D eigenvalue weighted by molar-refractivity contribution is 5.48. The van der Waals surface area contributed by atoms with Crippen molar-refractivity contribution >= 4 is 0 Å². The molecule has 2 aromatic rings. The summed E-state index contributed by atoms with van der Waals surface area (Å²) in [6, 6.07) is 6.84. The molecule has 2 atom stereocenters. The van der Waals surface area contributed by atoms with Gasteiger partial charge in [0.25, 0.3) is 0 Å². The van der Waals surface area contributed by atoms with Gasteiger partial charge in [0.05, 0.1) is 0 Å². The Balaban J connectivity index is 2.13. The zero-order chi connectivity index (χ0) is 24.9. The average molecular weight is 471 g/mol. The van der Waals surface area contributed by atoms with Gasteiger partial charge in [-0.2, -0.15) is 26.3 Å². The van der Waals surface area contributed by atoms with Crippen LogP contribution in [0.25, 0.3) is 0 Å². The first-order valence-corrected chi connectivity index (χ1v) is 11.4. The van der Waals surface area contributed by atoms with Crippen LogP contribution >= 0.6 is 0 Å². The second-order valence-corrected chi connectivity index (χ2v) is 9.97. The highest BCUT2D eigenvalue weighted by Gasteiger charge is 2.72. The Morgan fingerprint density at radius 3 is 1.61 bits per heavy atom. The van der Waals surface area contributed by atoms with Gasteiger partial charge in [0.1, 0.15) is 0 Å². The van der Waals surface area contributed by atoms with Gasteiger partial charge >= 0.3 is 12.4 Å². The molecule has 2 unspecified atom stereocenters. The summed E-state index contributed by atoms with van der Waals surface area (Å²) in [6.07, 6.45) is -9.91. The van der Waals surface area contributed by atoms with Crippen molar-refractivity contribution in [1.29, 1.82) is 0 Å². The summed E-state index contributed by atoms with van der Waals surface area (Å²) in [5.41, 5.74) is -3.37. The van der Waals surface area contributed by atoms with E-state index in [0.29, 0.717) is 52.3 Å². The molecule has 0 N–H and O–H groups in total. The second kappa shape index (κ2) is 8.66. The van der Waals surface area contributed by atoms with Gasteiger partial charge in [-0.15, -0.1) is 0 Å². The summed E-state index contributed by atoms with van der Waals surface area (Å²) >= 11 is 0. The largest absolute Gasteiger partial charge is 0.411 e. The fourth-order valence-electron chi connectivity index (χ4n) is 5.57. The topological polar surface area (TPSA) is 0 Å². The number of rotatable bonds is 5. The highest BCUT2D eigenvalue weighted by atomic mass is 19.4. The van der Waals surface area contributed by atoms with Crippen LogP contribution in [-0.2, 0) is 11.8 Å². The normalized spacial score (nSPS) is 24.0. The molecule has 2 aromatic carbocycles. The number of benzene rings is 2. The first-order chi connectivity index (χ1) is 15.1. The van der Waals surface area contributed by atoms with Crippen LogP contribution in [0.1, 0.15) is 60.6 Å². The quantitative estimate of drug-likeness (QED) is 0.384. The first kappa shape index (κ1) is 25.6. The number of hydrogen-bond donors (Lipinski definition) is 0. The molecule has 6 heteroatoms. The molecule has 3 rings (SSSR count). The number of hydrogen-bond acceptors (Lipinski definition) is 0. The molecule has 1 fully saturated rings. The van der Waals surface area contributed by atoms with Crippen molar-refractivity contribution in [2.75, 3.05) is 0 Å². The van der Waals surface area contributed by atoms with Crippen molar-refractivity contribution in [3.63, 3.8) is 0 Å². The number of alkyl halides is 6. The van der Waals surface area contributed by atoms with Crippen molar-refractivity contribution in [1.82, 2.24) is 0 Å². The van der Waals surface area contributed by atoms with E-state index in [-0.39, 0.29) is 0 Å². The first-order valence-electron chi connectivity index (χ1n) is 11.4. The van der Waals surface area contributed by atoms with E-state index in [1.54, 1.807) is 13.8 Å². The van der Waals surface area contributed by atoms with E-state index in [0.717, 1.165) is 30.7 Å². The van der Waals surface area contributed by atoms with Crippen molar-refractivity contribution in [2.24, 2.45) is 23.7 Å². The molecule has 33 heavy (non-hydrogen) atoms. The Kier molecular flexibility index (Phi) is 6.73. The molecule has 0 saturated heterocycles. The fourth-order valence-corrected chi connectivity index (χ4v) is 5.57. The van der Waals surface area contributed by atoms with E-state index in [1.165, 1.54) is 19.1 Å². The van der Waals surface area contributed by atoms with Gasteiger partial charge < -0.3 is 0 Å². The van der Waals surface area contributed by atoms with Crippen LogP contribution in [0.15, 0.2) is 36.4 Å². The van der Waals surface area contributed by atoms with Crippen LogP contribution in [0.4, 0.5) is 26.3 Å². The van der Waals surface area contributed by atoms with Gasteiger partial charge in [-0.3, -0.25) is 0 Å². The molecule has 0 spiro atoms. The monoisotopic (exact) mass is 470 g/mol. The third-order valence-electron chi connectivity index (χ3n) is 8.33. The molecule has 0 bridgehead atoms. The zero-order valence-electron chi connectivity index (χ0n) is 20.0. The molecular weight excluding hydrogens is 438 g/mol. The van der Waals surface area contributed by atoms with Crippen molar-refractivity contribution in [2.45, 2.75) is 72.2 Å². The lowest BCUT2D eigenvalue weighted by Gasteiger charge is -2.48. The Bertz CT molecular complexity index is 977. The molecule has 1 aliphatic rings. The summed E-state index contributed by atoms with van der Waals surface area (Å²) in [5.74, 6) is 2.01. The van der Waals surface area contributed by atoms with Crippen LogP contribution in [0.3, 0.4) is 0 Å². The Hall–Kier alpha value is -1.98. The minimum absolute atomic E-state index is 0.389. The predicted octanol–water partition coefficient (Wildman–Crippen LogP) is 8.49. The molecule has 1 saturated carbocycles. The molecule has 182 valence electrons. The van der Waals surface area contributed by atoms with E-state index in [2.05, 4.69) is 20.8 Å². The van der Waals surface area contributed by atoms with Crippen LogP contribution < -0.4 is 0 Å². The van der Waals surface area contributed by atoms with Gasteiger partial charge in [-0.05, 0) is 90.7 Å². The van der Waals surface area contributed by atoms with Crippen molar-refractivity contribution in [3.8, 4) is 0 Å². The van der Waals surface area contributed by atoms with Crippen LogP contribution in [0.2, 0.25) is 0 Å². The Morgan fingerprint density at radius 2 is 1.12 bits per heavy atom. The van der Waals surface area contributed by atoms with Gasteiger partial charge in [-0.1, -0.05) is 57.2 Å². The van der Waals surface area contributed by atoms with E-state index in [1.807, 2.05) is 0 Å². The smallest absolute Gasteiger partial charge is 0.169 e. The average Bonchev–Trinajstić information content (AvgIpc) is 2.70. The van der Waals surface area contributed by atoms with Crippen molar-refractivity contribution < 1.29 is 26.3 Å². The molecule has 0 aliphatic heterocycles. The van der Waals surface area contributed by atoms with E-state index < -0.39 is 28.9 Å². The zero-order valence-corrected chi connectivity index (χ0v) is 20.0. The minimum atomic E-state index is -5.56. The lowest BCUT2D eigenvalue weighted by molar-refractivity contribution is -0.288. The third-order valence-corrected chi connectivity index (χ3v) is 8.33. The molecule has 1 aliphatic carbocycles. The summed E-state index contributed by atoms with van der Waals surface area (Å²) < 4.78 is 87.1. The molecule has 0 amide bonds. The van der Waals surface area contributed by atoms with E-state index >= 15 is 0 Å². The highest BCUT2D eigenvalue weighted by Crippen LogP contribution is 2.56. The summed E-state index contributed by atoms with van der Waals surface area (Å²) in [6.45, 7) is 11.4. The maximum atomic E-state index is 14.5. The molecule has 0 heterocycles. The number of halogens is 6. The molecular formula is C27H32F6. The second-order valence-electron chi connectivity index (χ2n) is 9.97. The third kappa shape index (κ3) is 4.19. The van der Waals surface area contributed by atoms with Crippen LogP contribution in [0, 0.1) is 44.4 Å². The van der Waals surface area contributed by atoms with Crippen LogP contribution in [0.5, 0.6) is 0 Å². The standard InChI is InChI=1S/C27H32F6/c1-15-7-10-22(13-17(15)3)25(26(28,29)30,27(31,32)33)23-11-8-16(2)21(14-23)9-12-24-19(5)18(4)20(24)6/h7-8,10-11,13-14,18-20,24H,9,12H2,1-6H3. The summed E-state index contributed by atoms with van der Waals surface area (Å²) in [7, 11) is 0. The summed E-state index contributed by atoms with van der Waals surface area (Å²) in [4.78, 5) is 0. The van der Waals surface area contributed by atoms with Crippen LogP contribution in [-0.4, -0.2) is 12.4 Å². The SMILES string of the molecule is Cc1ccc(C(c2ccc(C)c(CCC3C(C)C(C)C3C)c2)(C(F)(F)F)C(F)(F)F)cc1C. The van der Waals surface area contributed by atoms with Gasteiger partial charge in [-0.25, -0.2) is 0 Å². The minimum Gasteiger partial charge on any atom is -0.169 e. The predicted molar refractivity (Wildman–Crippen MR) is 119 cm³/mol. The lowest BCUT2D eigenvalue weighted by Crippen LogP contribution is -2.54. The maximum absolute atomic E-state index is 14.5. The van der Waals surface area contributed by atoms with Gasteiger partial charge in [0.15, 0.2) is 0 Å². The van der Waals surface area contributed by atoms with Crippen molar-refractivity contribution in [3.05, 3.63) is 69.8 Å². The number of aryl methyl sites for hydroxylation is 4. The van der Waals surface area contributed by atoms with Gasteiger partial charge in [0, 0.05) is 0 Å². The molecule has 0 nitrogen and oxygen atoms in total. The molecule has 0 radical (unpaired) electrons. The van der Waals surface area contributed by atoms with E-state index in [9.17, 15) is 26.3 Å². The van der Waals surface area contributed by atoms with E-state index in [4.69, 9.17) is 0 Å². The maximum Gasteiger partial charge on any atom is 0.411 e. The molecule has 0 aromatic heterocycles. The fraction of sp³-hybridized carbons (Fsp3) is 0.556. The summed E-state index contributed by atoms with van der Waals surface area (Å²) in [5, 5.41) is 0.